The molecule has 0 spiro atoms. The van der Waals surface area contributed by atoms with Crippen molar-refractivity contribution in [2.75, 3.05) is 20.1 Å². The molecule has 1 fully saturated rings. The molecule has 4 nitrogen and oxygen atoms in total. The highest BCUT2D eigenvalue weighted by Gasteiger charge is 2.35. The van der Waals surface area contributed by atoms with Crippen LogP contribution in [0.4, 0.5) is 0 Å². The topological polar surface area (TPSA) is 49.4 Å². The molecule has 7 heteroatoms. The Bertz CT molecular complexity index is 563. The maximum atomic E-state index is 12.7. The van der Waals surface area contributed by atoms with E-state index in [1.54, 1.807) is 29.4 Å². The summed E-state index contributed by atoms with van der Waals surface area (Å²) in [5, 5.41) is 3.55. The molecule has 0 radical (unpaired) electrons. The minimum atomic E-state index is -3.45. The third-order valence-corrected chi connectivity index (χ3v) is 6.07. The van der Waals surface area contributed by atoms with Crippen LogP contribution in [0.25, 0.3) is 0 Å². The van der Waals surface area contributed by atoms with Crippen LogP contribution in [-0.4, -0.2) is 38.9 Å². The first-order valence-electron chi connectivity index (χ1n) is 6.40. The first-order valence-corrected chi connectivity index (χ1v) is 8.22. The highest BCUT2D eigenvalue weighted by atomic mass is 35.5. The van der Waals surface area contributed by atoms with Gasteiger partial charge in [-0.1, -0.05) is 17.7 Å². The highest BCUT2D eigenvalue weighted by Crippen LogP contribution is 2.30. The van der Waals surface area contributed by atoms with E-state index in [1.807, 2.05) is 7.05 Å². The lowest BCUT2D eigenvalue weighted by Gasteiger charge is -2.24. The number of hydrogen-bond donors (Lipinski definition) is 1. The standard InChI is InChI=1S/C13H19ClN2O2S.ClH/c1-10-12(14)6-3-7-13(10)19(17,18)16-8-4-5-11(16)9-15-2;/h3,6-7,11,15H,4-5,8-9H2,1-2H3;1H. The molecule has 114 valence electrons. The van der Waals surface area contributed by atoms with E-state index in [-0.39, 0.29) is 18.4 Å². The van der Waals surface area contributed by atoms with Crippen LogP contribution < -0.4 is 5.32 Å². The van der Waals surface area contributed by atoms with Gasteiger partial charge in [-0.3, -0.25) is 0 Å². The molecule has 0 aliphatic carbocycles. The van der Waals surface area contributed by atoms with Gasteiger partial charge in [0.15, 0.2) is 0 Å². The molecule has 1 unspecified atom stereocenters. The third kappa shape index (κ3) is 3.28. The van der Waals surface area contributed by atoms with Crippen LogP contribution in [0.3, 0.4) is 0 Å². The van der Waals surface area contributed by atoms with E-state index in [4.69, 9.17) is 11.6 Å². The van der Waals surface area contributed by atoms with Crippen molar-refractivity contribution < 1.29 is 8.42 Å². The molecule has 1 saturated heterocycles. The van der Waals surface area contributed by atoms with Crippen LogP contribution in [0.15, 0.2) is 23.1 Å². The summed E-state index contributed by atoms with van der Waals surface area (Å²) in [6, 6.07) is 5.06. The van der Waals surface area contributed by atoms with E-state index in [0.29, 0.717) is 28.6 Å². The van der Waals surface area contributed by atoms with Crippen molar-refractivity contribution in [3.05, 3.63) is 28.8 Å². The van der Waals surface area contributed by atoms with Gasteiger partial charge in [-0.05, 0) is 44.5 Å². The van der Waals surface area contributed by atoms with Crippen molar-refractivity contribution in [3.63, 3.8) is 0 Å². The lowest BCUT2D eigenvalue weighted by Crippen LogP contribution is -2.41. The molecule has 1 heterocycles. The quantitative estimate of drug-likeness (QED) is 0.917. The minimum Gasteiger partial charge on any atom is -0.318 e. The summed E-state index contributed by atoms with van der Waals surface area (Å²) in [5.41, 5.74) is 0.624. The highest BCUT2D eigenvalue weighted by molar-refractivity contribution is 7.89. The number of sulfonamides is 1. The van der Waals surface area contributed by atoms with Crippen LogP contribution in [0, 0.1) is 6.92 Å². The molecule has 2 rings (SSSR count). The Morgan fingerprint density at radius 1 is 1.45 bits per heavy atom. The Kier molecular flexibility index (Phi) is 6.28. The van der Waals surface area contributed by atoms with Gasteiger partial charge in [0.1, 0.15) is 0 Å². The molecule has 1 aliphatic rings. The monoisotopic (exact) mass is 338 g/mol. The van der Waals surface area contributed by atoms with E-state index in [1.165, 1.54) is 0 Å². The van der Waals surface area contributed by atoms with E-state index >= 15 is 0 Å². The lowest BCUT2D eigenvalue weighted by atomic mass is 10.2. The van der Waals surface area contributed by atoms with Gasteiger partial charge in [0, 0.05) is 24.2 Å². The van der Waals surface area contributed by atoms with Gasteiger partial charge >= 0.3 is 0 Å². The van der Waals surface area contributed by atoms with Gasteiger partial charge in [-0.25, -0.2) is 8.42 Å². The van der Waals surface area contributed by atoms with Gasteiger partial charge in [0.2, 0.25) is 10.0 Å². The number of likely N-dealkylation sites (N-methyl/N-ethyl adjacent to an activating group) is 1. The minimum absolute atomic E-state index is 0. The Hall–Kier alpha value is -0.330. The Balaban J connectivity index is 0.00000200. The van der Waals surface area contributed by atoms with Gasteiger partial charge in [-0.2, -0.15) is 4.31 Å². The second-order valence-electron chi connectivity index (χ2n) is 4.83. The predicted molar refractivity (Wildman–Crippen MR) is 84.3 cm³/mol. The first kappa shape index (κ1) is 17.7. The van der Waals surface area contributed by atoms with E-state index in [0.717, 1.165) is 12.8 Å². The molecule has 1 aromatic rings. The van der Waals surface area contributed by atoms with Gasteiger partial charge < -0.3 is 5.32 Å². The molecule has 1 aromatic carbocycles. The summed E-state index contributed by atoms with van der Waals surface area (Å²) in [4.78, 5) is 0.322. The van der Waals surface area contributed by atoms with Crippen molar-refractivity contribution >= 4 is 34.0 Å². The molecular formula is C13H20Cl2N2O2S. The average Bonchev–Trinajstić information content (AvgIpc) is 2.82. The third-order valence-electron chi connectivity index (χ3n) is 3.57. The zero-order valence-electron chi connectivity index (χ0n) is 11.6. The summed E-state index contributed by atoms with van der Waals surface area (Å²) < 4.78 is 27.1. The van der Waals surface area contributed by atoms with Crippen LogP contribution in [-0.2, 0) is 10.0 Å². The molecule has 0 saturated carbocycles. The summed E-state index contributed by atoms with van der Waals surface area (Å²) in [6.07, 6.45) is 1.81. The number of halogens is 2. The Morgan fingerprint density at radius 2 is 2.15 bits per heavy atom. The fourth-order valence-corrected chi connectivity index (χ4v) is 4.73. The molecule has 0 amide bonds. The van der Waals surface area contributed by atoms with E-state index in [9.17, 15) is 8.42 Å². The van der Waals surface area contributed by atoms with E-state index in [2.05, 4.69) is 5.32 Å². The first-order chi connectivity index (χ1) is 8.98. The second-order valence-corrected chi connectivity index (χ2v) is 7.10. The Morgan fingerprint density at radius 3 is 2.80 bits per heavy atom. The predicted octanol–water partition coefficient (Wildman–Crippen LogP) is 2.44. The molecule has 1 aliphatic heterocycles. The summed E-state index contributed by atoms with van der Waals surface area (Å²) in [5.74, 6) is 0. The van der Waals surface area contributed by atoms with Gasteiger partial charge in [0.25, 0.3) is 0 Å². The number of nitrogens with one attached hydrogen (secondary N) is 1. The van der Waals surface area contributed by atoms with Crippen molar-refractivity contribution in [3.8, 4) is 0 Å². The smallest absolute Gasteiger partial charge is 0.243 e. The summed E-state index contributed by atoms with van der Waals surface area (Å²) in [7, 11) is -1.61. The zero-order valence-corrected chi connectivity index (χ0v) is 14.0. The van der Waals surface area contributed by atoms with Crippen molar-refractivity contribution in [1.82, 2.24) is 9.62 Å². The summed E-state index contributed by atoms with van der Waals surface area (Å²) >= 11 is 6.03. The second kappa shape index (κ2) is 7.09. The van der Waals surface area contributed by atoms with E-state index < -0.39 is 10.0 Å². The van der Waals surface area contributed by atoms with Crippen molar-refractivity contribution in [2.24, 2.45) is 0 Å². The summed E-state index contributed by atoms with van der Waals surface area (Å²) in [6.45, 7) is 3.01. The fourth-order valence-electron chi connectivity index (χ4n) is 2.56. The van der Waals surface area contributed by atoms with Crippen LogP contribution in [0.5, 0.6) is 0 Å². The van der Waals surface area contributed by atoms with Crippen molar-refractivity contribution in [1.29, 1.82) is 0 Å². The molecule has 1 N–H and O–H groups in total. The number of nitrogens with zero attached hydrogens (tertiary/aromatic N) is 1. The maximum Gasteiger partial charge on any atom is 0.243 e. The normalized spacial score (nSPS) is 19.9. The number of rotatable bonds is 4. The van der Waals surface area contributed by atoms with Gasteiger partial charge in [-0.15, -0.1) is 12.4 Å². The van der Waals surface area contributed by atoms with Crippen molar-refractivity contribution in [2.45, 2.75) is 30.7 Å². The lowest BCUT2D eigenvalue weighted by molar-refractivity contribution is 0.379. The number of hydrogen-bond acceptors (Lipinski definition) is 3. The molecule has 1 atom stereocenters. The molecule has 20 heavy (non-hydrogen) atoms. The largest absolute Gasteiger partial charge is 0.318 e. The number of benzene rings is 1. The fraction of sp³-hybridized carbons (Fsp3) is 0.538. The molecule has 0 bridgehead atoms. The SMILES string of the molecule is CNCC1CCCN1S(=O)(=O)c1cccc(Cl)c1C.Cl. The average molecular weight is 339 g/mol. The molecule has 0 aromatic heterocycles. The van der Waals surface area contributed by atoms with Crippen LogP contribution in [0.1, 0.15) is 18.4 Å². The Labute approximate surface area is 132 Å². The zero-order chi connectivity index (χ0) is 14.0. The maximum absolute atomic E-state index is 12.7. The van der Waals surface area contributed by atoms with Crippen LogP contribution >= 0.6 is 24.0 Å². The van der Waals surface area contributed by atoms with Crippen LogP contribution in [0.2, 0.25) is 5.02 Å². The molecular weight excluding hydrogens is 319 g/mol. The van der Waals surface area contributed by atoms with Gasteiger partial charge in [0.05, 0.1) is 4.90 Å².